The number of halogens is 1. The lowest BCUT2D eigenvalue weighted by Crippen LogP contribution is -2.31. The van der Waals surface area contributed by atoms with E-state index >= 15 is 0 Å². The summed E-state index contributed by atoms with van der Waals surface area (Å²) in [6.07, 6.45) is 0.275. The summed E-state index contributed by atoms with van der Waals surface area (Å²) < 4.78 is 5.17. The van der Waals surface area contributed by atoms with E-state index in [4.69, 9.17) is 16.3 Å². The molecular formula is C17H24ClNO3. The first-order valence-electron chi connectivity index (χ1n) is 7.52. The van der Waals surface area contributed by atoms with Crippen molar-refractivity contribution in [2.75, 3.05) is 0 Å². The Hall–Kier alpha value is -1.55. The Balaban J connectivity index is 2.88. The van der Waals surface area contributed by atoms with Gasteiger partial charge < -0.3 is 10.1 Å². The molecule has 0 spiro atoms. The van der Waals surface area contributed by atoms with Crippen LogP contribution >= 0.6 is 11.6 Å². The summed E-state index contributed by atoms with van der Waals surface area (Å²) >= 11 is 6.19. The summed E-state index contributed by atoms with van der Waals surface area (Å²) in [6.45, 7) is 7.52. The molecule has 0 aliphatic heterocycles. The molecule has 5 heteroatoms. The molecule has 1 aromatic rings. The van der Waals surface area contributed by atoms with Gasteiger partial charge in [-0.2, -0.15) is 0 Å². The predicted octanol–water partition coefficient (Wildman–Crippen LogP) is 3.89. The van der Waals surface area contributed by atoms with Gasteiger partial charge in [0.2, 0.25) is 5.91 Å². The standard InChI is InChI=1S/C17H24ClNO3/c1-11(2)9-16(20)19-15(10-17(21)22-12(3)4)13-7-5-6-8-14(13)18/h5-8,11-12,15H,9-10H2,1-4H3,(H,19,20)/t15-/m0/s1. The van der Waals surface area contributed by atoms with Crippen molar-refractivity contribution in [1.82, 2.24) is 5.32 Å². The Morgan fingerprint density at radius 1 is 1.14 bits per heavy atom. The number of ether oxygens (including phenoxy) is 1. The number of benzene rings is 1. The maximum Gasteiger partial charge on any atom is 0.308 e. The molecule has 0 unspecified atom stereocenters. The normalized spacial score (nSPS) is 12.3. The first-order valence-corrected chi connectivity index (χ1v) is 7.90. The number of amides is 1. The van der Waals surface area contributed by atoms with Gasteiger partial charge in [-0.1, -0.05) is 43.6 Å². The van der Waals surface area contributed by atoms with Crippen LogP contribution in [0.5, 0.6) is 0 Å². The van der Waals surface area contributed by atoms with E-state index in [0.29, 0.717) is 11.4 Å². The molecule has 1 aromatic carbocycles. The smallest absolute Gasteiger partial charge is 0.308 e. The van der Waals surface area contributed by atoms with Gasteiger partial charge in [-0.3, -0.25) is 9.59 Å². The van der Waals surface area contributed by atoms with Crippen molar-refractivity contribution in [3.8, 4) is 0 Å². The molecule has 1 N–H and O–H groups in total. The van der Waals surface area contributed by atoms with Gasteiger partial charge in [-0.15, -0.1) is 0 Å². The van der Waals surface area contributed by atoms with Gasteiger partial charge >= 0.3 is 5.97 Å². The summed E-state index contributed by atoms with van der Waals surface area (Å²) in [5, 5.41) is 3.41. The van der Waals surface area contributed by atoms with E-state index in [2.05, 4.69) is 5.32 Å². The monoisotopic (exact) mass is 325 g/mol. The number of carbonyl (C=O) groups excluding carboxylic acids is 2. The maximum absolute atomic E-state index is 12.0. The average Bonchev–Trinajstić information content (AvgIpc) is 2.36. The van der Waals surface area contributed by atoms with Gasteiger partial charge in [0.1, 0.15) is 0 Å². The Bertz CT molecular complexity index is 490. The first-order chi connectivity index (χ1) is 10.3. The number of hydrogen-bond donors (Lipinski definition) is 1. The molecule has 0 saturated heterocycles. The number of rotatable bonds is 7. The Labute approximate surface area is 137 Å². The van der Waals surface area contributed by atoms with Crippen molar-refractivity contribution in [3.63, 3.8) is 0 Å². The summed E-state index contributed by atoms with van der Waals surface area (Å²) in [5.41, 5.74) is 0.724. The second-order valence-electron chi connectivity index (χ2n) is 5.98. The zero-order valence-corrected chi connectivity index (χ0v) is 14.3. The fraction of sp³-hybridized carbons (Fsp3) is 0.529. The van der Waals surface area contributed by atoms with Crippen LogP contribution in [-0.4, -0.2) is 18.0 Å². The number of carbonyl (C=O) groups is 2. The highest BCUT2D eigenvalue weighted by Crippen LogP contribution is 2.26. The largest absolute Gasteiger partial charge is 0.463 e. The van der Waals surface area contributed by atoms with E-state index < -0.39 is 6.04 Å². The van der Waals surface area contributed by atoms with Gasteiger partial charge in [0, 0.05) is 11.4 Å². The molecule has 0 heterocycles. The molecule has 0 bridgehead atoms. The van der Waals surface area contributed by atoms with Crippen molar-refractivity contribution in [1.29, 1.82) is 0 Å². The van der Waals surface area contributed by atoms with E-state index in [-0.39, 0.29) is 30.3 Å². The van der Waals surface area contributed by atoms with Crippen molar-refractivity contribution in [2.24, 2.45) is 5.92 Å². The van der Waals surface area contributed by atoms with Crippen molar-refractivity contribution in [3.05, 3.63) is 34.9 Å². The molecule has 1 amide bonds. The van der Waals surface area contributed by atoms with E-state index in [9.17, 15) is 9.59 Å². The lowest BCUT2D eigenvalue weighted by molar-refractivity contribution is -0.148. The minimum absolute atomic E-state index is 0.0613. The number of nitrogens with one attached hydrogen (secondary N) is 1. The van der Waals surface area contributed by atoms with E-state index in [1.165, 1.54) is 0 Å². The molecule has 1 rings (SSSR count). The second-order valence-corrected chi connectivity index (χ2v) is 6.39. The van der Waals surface area contributed by atoms with E-state index in [0.717, 1.165) is 5.56 Å². The molecule has 1 atom stereocenters. The van der Waals surface area contributed by atoms with Crippen LogP contribution in [-0.2, 0) is 14.3 Å². The Morgan fingerprint density at radius 2 is 1.77 bits per heavy atom. The van der Waals surface area contributed by atoms with Crippen LogP contribution in [0.2, 0.25) is 5.02 Å². The third-order valence-electron chi connectivity index (χ3n) is 2.95. The molecule has 122 valence electrons. The predicted molar refractivity (Wildman–Crippen MR) is 87.6 cm³/mol. The lowest BCUT2D eigenvalue weighted by Gasteiger charge is -2.21. The zero-order chi connectivity index (χ0) is 16.7. The third-order valence-corrected chi connectivity index (χ3v) is 3.29. The summed E-state index contributed by atoms with van der Waals surface area (Å²) in [4.78, 5) is 24.0. The molecule has 0 aromatic heterocycles. The fourth-order valence-electron chi connectivity index (χ4n) is 2.10. The van der Waals surface area contributed by atoms with Crippen LogP contribution in [0, 0.1) is 5.92 Å². The summed E-state index contributed by atoms with van der Waals surface area (Å²) in [6, 6.07) is 6.71. The van der Waals surface area contributed by atoms with Crippen LogP contribution in [0.4, 0.5) is 0 Å². The number of hydrogen-bond acceptors (Lipinski definition) is 3. The summed E-state index contributed by atoms with van der Waals surface area (Å²) in [7, 11) is 0. The average molecular weight is 326 g/mol. The Kier molecular flexibility index (Phi) is 7.39. The molecule has 0 saturated carbocycles. The van der Waals surface area contributed by atoms with Crippen LogP contribution in [0.1, 0.15) is 52.1 Å². The van der Waals surface area contributed by atoms with Crippen LogP contribution in [0.3, 0.4) is 0 Å². The van der Waals surface area contributed by atoms with Gasteiger partial charge in [0.15, 0.2) is 0 Å². The molecule has 0 aliphatic carbocycles. The highest BCUT2D eigenvalue weighted by molar-refractivity contribution is 6.31. The fourth-order valence-corrected chi connectivity index (χ4v) is 2.37. The van der Waals surface area contributed by atoms with Gasteiger partial charge in [-0.25, -0.2) is 0 Å². The molecular weight excluding hydrogens is 302 g/mol. The molecule has 22 heavy (non-hydrogen) atoms. The van der Waals surface area contributed by atoms with Gasteiger partial charge in [-0.05, 0) is 31.4 Å². The topological polar surface area (TPSA) is 55.4 Å². The minimum Gasteiger partial charge on any atom is -0.463 e. The minimum atomic E-state index is -0.480. The summed E-state index contributed by atoms with van der Waals surface area (Å²) in [5.74, 6) is -0.212. The first kappa shape index (κ1) is 18.5. The maximum atomic E-state index is 12.0. The van der Waals surface area contributed by atoms with Gasteiger partial charge in [0.05, 0.1) is 18.6 Å². The van der Waals surface area contributed by atoms with Crippen molar-refractivity contribution >= 4 is 23.5 Å². The second kappa shape index (κ2) is 8.79. The zero-order valence-electron chi connectivity index (χ0n) is 13.6. The SMILES string of the molecule is CC(C)CC(=O)N[C@@H](CC(=O)OC(C)C)c1ccccc1Cl. The molecule has 4 nitrogen and oxygen atoms in total. The van der Waals surface area contributed by atoms with Crippen molar-refractivity contribution < 1.29 is 14.3 Å². The highest BCUT2D eigenvalue weighted by Gasteiger charge is 2.22. The van der Waals surface area contributed by atoms with Crippen molar-refractivity contribution in [2.45, 2.75) is 52.7 Å². The van der Waals surface area contributed by atoms with Gasteiger partial charge in [0.25, 0.3) is 0 Å². The molecule has 0 aliphatic rings. The highest BCUT2D eigenvalue weighted by atomic mass is 35.5. The molecule has 0 radical (unpaired) electrons. The Morgan fingerprint density at radius 3 is 2.32 bits per heavy atom. The molecule has 0 fully saturated rings. The third kappa shape index (κ3) is 6.48. The van der Waals surface area contributed by atoms with Crippen LogP contribution in [0.25, 0.3) is 0 Å². The lowest BCUT2D eigenvalue weighted by atomic mass is 10.0. The quantitative estimate of drug-likeness (QED) is 0.774. The van der Waals surface area contributed by atoms with E-state index in [1.54, 1.807) is 19.9 Å². The van der Waals surface area contributed by atoms with Crippen LogP contribution < -0.4 is 5.32 Å². The number of esters is 1. The van der Waals surface area contributed by atoms with Crippen LogP contribution in [0.15, 0.2) is 24.3 Å². The van der Waals surface area contributed by atoms with E-state index in [1.807, 2.05) is 32.0 Å².